The van der Waals surface area contributed by atoms with Crippen molar-refractivity contribution in [3.63, 3.8) is 0 Å². The van der Waals surface area contributed by atoms with E-state index in [0.29, 0.717) is 10.0 Å². The van der Waals surface area contributed by atoms with E-state index in [1.165, 1.54) is 0 Å². The maximum atomic E-state index is 12.5. The average Bonchev–Trinajstić information content (AvgIpc) is 3.06. The zero-order valence-corrected chi connectivity index (χ0v) is 17.5. The molecule has 0 radical (unpaired) electrons. The first-order chi connectivity index (χ1) is 14.5. The minimum atomic E-state index is -1.03. The van der Waals surface area contributed by atoms with Gasteiger partial charge in [-0.25, -0.2) is 4.79 Å². The Bertz CT molecular complexity index is 1060. The molecule has 1 heterocycles. The van der Waals surface area contributed by atoms with E-state index in [-0.39, 0.29) is 18.9 Å². The van der Waals surface area contributed by atoms with E-state index >= 15 is 0 Å². The van der Waals surface area contributed by atoms with Crippen LogP contribution in [0.2, 0.25) is 0 Å². The van der Waals surface area contributed by atoms with Gasteiger partial charge >= 0.3 is 12.1 Å². The fourth-order valence-electron chi connectivity index (χ4n) is 3.86. The molecule has 3 aromatic rings. The molecule has 0 saturated carbocycles. The number of benzene rings is 2. The largest absolute Gasteiger partial charge is 0.481 e. The summed E-state index contributed by atoms with van der Waals surface area (Å²) in [6.07, 6.45) is 2.18. The number of nitrogens with zero attached hydrogens (tertiary/aromatic N) is 1. The molecule has 1 atom stereocenters. The van der Waals surface area contributed by atoms with Crippen LogP contribution in [0.5, 0.6) is 0 Å². The quantitative estimate of drug-likeness (QED) is 0.539. The number of fused-ring (bicyclic) bond motifs is 3. The molecule has 1 amide bonds. The number of alkyl carbamates (subject to hydrolysis) is 1. The molecule has 1 aliphatic rings. The van der Waals surface area contributed by atoms with Crippen LogP contribution < -0.4 is 5.32 Å². The lowest BCUT2D eigenvalue weighted by Gasteiger charge is -2.20. The van der Waals surface area contributed by atoms with Crippen molar-refractivity contribution in [1.29, 1.82) is 0 Å². The maximum Gasteiger partial charge on any atom is 0.407 e. The number of carbonyl (C=O) groups is 2. The standard InChI is InChI=1S/C23H19BrN2O4/c24-20-12-25-10-9-18(20)21(11-22(27)28)26-23(29)30-13-19-16-7-3-1-5-14(16)15-6-2-4-8-17(15)19/h1-10,12,19,21H,11,13H2,(H,26,29)(H,27,28). The smallest absolute Gasteiger partial charge is 0.407 e. The number of pyridine rings is 1. The Morgan fingerprint density at radius 1 is 1.07 bits per heavy atom. The third-order valence-electron chi connectivity index (χ3n) is 5.19. The molecule has 0 aliphatic heterocycles. The lowest BCUT2D eigenvalue weighted by atomic mass is 9.98. The normalized spacial score (nSPS) is 13.2. The van der Waals surface area contributed by atoms with Crippen LogP contribution in [0.15, 0.2) is 71.5 Å². The van der Waals surface area contributed by atoms with Crippen LogP contribution in [0.1, 0.15) is 35.1 Å². The van der Waals surface area contributed by atoms with Gasteiger partial charge in [0.1, 0.15) is 6.61 Å². The van der Waals surface area contributed by atoms with E-state index in [1.807, 2.05) is 36.4 Å². The van der Waals surface area contributed by atoms with Gasteiger partial charge in [0, 0.05) is 22.8 Å². The number of nitrogens with one attached hydrogen (secondary N) is 1. The molecule has 0 spiro atoms. The number of ether oxygens (including phenoxy) is 1. The number of hydrogen-bond acceptors (Lipinski definition) is 4. The van der Waals surface area contributed by atoms with Crippen molar-refractivity contribution < 1.29 is 19.4 Å². The van der Waals surface area contributed by atoms with Crippen molar-refractivity contribution >= 4 is 28.0 Å². The van der Waals surface area contributed by atoms with E-state index in [9.17, 15) is 14.7 Å². The predicted molar refractivity (Wildman–Crippen MR) is 115 cm³/mol. The van der Waals surface area contributed by atoms with Crippen molar-refractivity contribution in [3.8, 4) is 11.1 Å². The molecule has 152 valence electrons. The molecule has 7 heteroatoms. The molecule has 1 aliphatic carbocycles. The SMILES string of the molecule is O=C(O)CC(NC(=O)OCC1c2ccccc2-c2ccccc21)c1ccncc1Br. The monoisotopic (exact) mass is 466 g/mol. The fourth-order valence-corrected chi connectivity index (χ4v) is 4.39. The van der Waals surface area contributed by atoms with Gasteiger partial charge in [-0.05, 0) is 49.8 Å². The number of amides is 1. The zero-order chi connectivity index (χ0) is 21.1. The van der Waals surface area contributed by atoms with Gasteiger partial charge in [-0.1, -0.05) is 48.5 Å². The van der Waals surface area contributed by atoms with Crippen LogP contribution >= 0.6 is 15.9 Å². The number of carboxylic acid groups (broad SMARTS) is 1. The van der Waals surface area contributed by atoms with E-state index in [4.69, 9.17) is 4.74 Å². The molecular formula is C23H19BrN2O4. The molecule has 1 unspecified atom stereocenters. The number of carbonyl (C=O) groups excluding carboxylic acids is 1. The second-order valence-corrected chi connectivity index (χ2v) is 7.87. The summed E-state index contributed by atoms with van der Waals surface area (Å²) in [5.41, 5.74) is 5.15. The molecule has 1 aromatic heterocycles. The first-order valence-electron chi connectivity index (χ1n) is 9.47. The summed E-state index contributed by atoms with van der Waals surface area (Å²) < 4.78 is 6.16. The Hall–Kier alpha value is -3.19. The molecule has 0 fully saturated rings. The minimum Gasteiger partial charge on any atom is -0.481 e. The molecule has 0 bridgehead atoms. The Balaban J connectivity index is 1.49. The summed E-state index contributed by atoms with van der Waals surface area (Å²) in [5, 5.41) is 11.9. The molecule has 0 saturated heterocycles. The van der Waals surface area contributed by atoms with Gasteiger partial charge in [0.15, 0.2) is 0 Å². The van der Waals surface area contributed by atoms with Crippen LogP contribution in [-0.4, -0.2) is 28.8 Å². The summed E-state index contributed by atoms with van der Waals surface area (Å²) in [6.45, 7) is 0.164. The average molecular weight is 467 g/mol. The summed E-state index contributed by atoms with van der Waals surface area (Å²) in [7, 11) is 0. The Labute approximate surface area is 182 Å². The third-order valence-corrected chi connectivity index (χ3v) is 5.86. The van der Waals surface area contributed by atoms with Crippen LogP contribution in [0.3, 0.4) is 0 Å². The van der Waals surface area contributed by atoms with Crippen molar-refractivity contribution in [2.24, 2.45) is 0 Å². The highest BCUT2D eigenvalue weighted by Gasteiger charge is 2.29. The molecule has 2 aromatic carbocycles. The number of halogens is 1. The molecule has 4 rings (SSSR count). The van der Waals surface area contributed by atoms with Gasteiger partial charge < -0.3 is 15.2 Å². The second-order valence-electron chi connectivity index (χ2n) is 7.02. The van der Waals surface area contributed by atoms with Gasteiger partial charge in [0.05, 0.1) is 12.5 Å². The van der Waals surface area contributed by atoms with Crippen molar-refractivity contribution in [2.75, 3.05) is 6.61 Å². The Kier molecular flexibility index (Phi) is 5.81. The van der Waals surface area contributed by atoms with Crippen molar-refractivity contribution in [1.82, 2.24) is 10.3 Å². The maximum absolute atomic E-state index is 12.5. The topological polar surface area (TPSA) is 88.5 Å². The van der Waals surface area contributed by atoms with E-state index in [1.54, 1.807) is 18.5 Å². The third kappa shape index (κ3) is 4.07. The zero-order valence-electron chi connectivity index (χ0n) is 15.9. The lowest BCUT2D eigenvalue weighted by Crippen LogP contribution is -2.32. The van der Waals surface area contributed by atoms with Gasteiger partial charge in [0.25, 0.3) is 0 Å². The highest BCUT2D eigenvalue weighted by atomic mass is 79.9. The minimum absolute atomic E-state index is 0.0614. The van der Waals surface area contributed by atoms with Crippen LogP contribution in [0, 0.1) is 0 Å². The Morgan fingerprint density at radius 3 is 2.30 bits per heavy atom. The van der Waals surface area contributed by atoms with E-state index in [0.717, 1.165) is 22.3 Å². The summed E-state index contributed by atoms with van der Waals surface area (Å²) >= 11 is 3.36. The fraction of sp³-hybridized carbons (Fsp3) is 0.174. The van der Waals surface area contributed by atoms with Crippen molar-refractivity contribution in [2.45, 2.75) is 18.4 Å². The van der Waals surface area contributed by atoms with E-state index < -0.39 is 18.1 Å². The van der Waals surface area contributed by atoms with Crippen molar-refractivity contribution in [3.05, 3.63) is 88.2 Å². The summed E-state index contributed by atoms with van der Waals surface area (Å²) in [5.74, 6) is -1.09. The Morgan fingerprint density at radius 2 is 1.70 bits per heavy atom. The first kappa shape index (κ1) is 20.1. The number of hydrogen-bond donors (Lipinski definition) is 2. The number of aromatic nitrogens is 1. The predicted octanol–water partition coefficient (Wildman–Crippen LogP) is 4.90. The molecule has 30 heavy (non-hydrogen) atoms. The molecular weight excluding hydrogens is 448 g/mol. The molecule has 6 nitrogen and oxygen atoms in total. The highest BCUT2D eigenvalue weighted by molar-refractivity contribution is 9.10. The number of carboxylic acids is 1. The number of aliphatic carboxylic acids is 1. The van der Waals surface area contributed by atoms with Crippen LogP contribution in [0.25, 0.3) is 11.1 Å². The second kappa shape index (κ2) is 8.67. The van der Waals surface area contributed by atoms with Gasteiger partial charge in [-0.2, -0.15) is 0 Å². The summed E-state index contributed by atoms with van der Waals surface area (Å²) in [4.78, 5) is 27.8. The van der Waals surface area contributed by atoms with Gasteiger partial charge in [0.2, 0.25) is 0 Å². The van der Waals surface area contributed by atoms with Gasteiger partial charge in [-0.3, -0.25) is 9.78 Å². The highest BCUT2D eigenvalue weighted by Crippen LogP contribution is 2.44. The van der Waals surface area contributed by atoms with Crippen LogP contribution in [-0.2, 0) is 9.53 Å². The number of rotatable bonds is 6. The van der Waals surface area contributed by atoms with E-state index in [2.05, 4.69) is 38.4 Å². The van der Waals surface area contributed by atoms with Gasteiger partial charge in [-0.15, -0.1) is 0 Å². The summed E-state index contributed by atoms with van der Waals surface area (Å²) in [6, 6.07) is 17.1. The lowest BCUT2D eigenvalue weighted by molar-refractivity contribution is -0.137. The van der Waals surface area contributed by atoms with Crippen LogP contribution in [0.4, 0.5) is 4.79 Å². The first-order valence-corrected chi connectivity index (χ1v) is 10.3. The molecule has 2 N–H and O–H groups in total.